The lowest BCUT2D eigenvalue weighted by atomic mass is 9.80. The highest BCUT2D eigenvalue weighted by Crippen LogP contribution is 2.30. The number of piperazine rings is 1. The van der Waals surface area contributed by atoms with Crippen molar-refractivity contribution in [3.63, 3.8) is 0 Å². The predicted octanol–water partition coefficient (Wildman–Crippen LogP) is 1.72. The summed E-state index contributed by atoms with van der Waals surface area (Å²) in [6.45, 7) is 5.07. The molecule has 3 rings (SSSR count). The Morgan fingerprint density at radius 3 is 2.37 bits per heavy atom. The number of aryl methyl sites for hydroxylation is 1. The summed E-state index contributed by atoms with van der Waals surface area (Å²) in [5, 5.41) is 3.04. The zero-order chi connectivity index (χ0) is 19.2. The Morgan fingerprint density at radius 2 is 1.74 bits per heavy atom. The lowest BCUT2D eigenvalue weighted by Gasteiger charge is -2.36. The van der Waals surface area contributed by atoms with E-state index in [1.165, 1.54) is 5.56 Å². The monoisotopic (exact) mass is 371 g/mol. The third-order valence-corrected chi connectivity index (χ3v) is 5.77. The van der Waals surface area contributed by atoms with Crippen LogP contribution in [0, 0.1) is 18.8 Å². The molecule has 1 saturated carbocycles. The number of rotatable bonds is 5. The molecule has 6 heteroatoms. The van der Waals surface area contributed by atoms with Gasteiger partial charge in [-0.25, -0.2) is 0 Å². The van der Waals surface area contributed by atoms with Gasteiger partial charge in [0.15, 0.2) is 0 Å². The topological polar surface area (TPSA) is 69.7 Å². The summed E-state index contributed by atoms with van der Waals surface area (Å²) in [7, 11) is 0. The molecule has 0 bridgehead atoms. The Balaban J connectivity index is 1.42. The molecule has 1 aliphatic carbocycles. The van der Waals surface area contributed by atoms with Crippen molar-refractivity contribution in [1.82, 2.24) is 15.1 Å². The summed E-state index contributed by atoms with van der Waals surface area (Å²) in [6.07, 6.45) is 3.93. The van der Waals surface area contributed by atoms with E-state index in [0.717, 1.165) is 37.7 Å². The first kappa shape index (κ1) is 19.4. The van der Waals surface area contributed by atoms with Crippen LogP contribution in [0.15, 0.2) is 24.3 Å². The van der Waals surface area contributed by atoms with Crippen LogP contribution >= 0.6 is 0 Å². The van der Waals surface area contributed by atoms with E-state index in [4.69, 9.17) is 0 Å². The van der Waals surface area contributed by atoms with Crippen LogP contribution in [0.25, 0.3) is 0 Å². The Bertz CT molecular complexity index is 675. The lowest BCUT2D eigenvalue weighted by Crippen LogP contribution is -2.50. The molecule has 1 aromatic rings. The summed E-state index contributed by atoms with van der Waals surface area (Å²) < 4.78 is 0. The first-order chi connectivity index (χ1) is 13.1. The molecule has 6 nitrogen and oxygen atoms in total. The van der Waals surface area contributed by atoms with Crippen molar-refractivity contribution in [3.05, 3.63) is 35.4 Å². The van der Waals surface area contributed by atoms with Crippen molar-refractivity contribution in [2.45, 2.75) is 39.2 Å². The quantitative estimate of drug-likeness (QED) is 0.801. The predicted molar refractivity (Wildman–Crippen MR) is 103 cm³/mol. The molecule has 0 atom stereocenters. The first-order valence-corrected chi connectivity index (χ1v) is 9.88. The normalized spacial score (nSPS) is 23.0. The Kier molecular flexibility index (Phi) is 6.48. The summed E-state index contributed by atoms with van der Waals surface area (Å²) in [5.41, 5.74) is 2.30. The maximum absolute atomic E-state index is 12.7. The molecule has 2 aliphatic rings. The van der Waals surface area contributed by atoms with E-state index in [0.29, 0.717) is 32.7 Å². The van der Waals surface area contributed by atoms with Gasteiger partial charge >= 0.3 is 0 Å². The Hall–Kier alpha value is -2.37. The average molecular weight is 371 g/mol. The van der Waals surface area contributed by atoms with Gasteiger partial charge in [-0.3, -0.25) is 14.4 Å². The van der Waals surface area contributed by atoms with Crippen molar-refractivity contribution in [2.75, 3.05) is 26.2 Å². The summed E-state index contributed by atoms with van der Waals surface area (Å²) in [5.74, 6) is 0.320. The molecule has 3 amide bonds. The van der Waals surface area contributed by atoms with E-state index in [2.05, 4.69) is 11.4 Å². The van der Waals surface area contributed by atoms with Gasteiger partial charge in [-0.2, -0.15) is 0 Å². The van der Waals surface area contributed by atoms with Crippen LogP contribution in [-0.2, 0) is 20.9 Å². The minimum absolute atomic E-state index is 0.00534. The second-order valence-electron chi connectivity index (χ2n) is 7.72. The average Bonchev–Trinajstić information content (AvgIpc) is 2.72. The van der Waals surface area contributed by atoms with E-state index in [9.17, 15) is 14.4 Å². The minimum Gasteiger partial charge on any atom is -0.352 e. The molecular weight excluding hydrogens is 342 g/mol. The maximum Gasteiger partial charge on any atom is 0.225 e. The molecule has 1 saturated heterocycles. The van der Waals surface area contributed by atoms with Gasteiger partial charge in [-0.1, -0.05) is 29.8 Å². The third-order valence-electron chi connectivity index (χ3n) is 5.77. The highest BCUT2D eigenvalue weighted by Gasteiger charge is 2.33. The molecule has 146 valence electrons. The Labute approximate surface area is 160 Å². The van der Waals surface area contributed by atoms with Gasteiger partial charge in [0.25, 0.3) is 0 Å². The van der Waals surface area contributed by atoms with Gasteiger partial charge in [0.1, 0.15) is 0 Å². The molecule has 0 radical (unpaired) electrons. The van der Waals surface area contributed by atoms with Crippen LogP contribution in [0.2, 0.25) is 0 Å². The lowest BCUT2D eigenvalue weighted by molar-refractivity contribution is -0.141. The van der Waals surface area contributed by atoms with Gasteiger partial charge < -0.3 is 15.1 Å². The number of amides is 3. The van der Waals surface area contributed by atoms with Crippen molar-refractivity contribution >= 4 is 18.2 Å². The van der Waals surface area contributed by atoms with Crippen molar-refractivity contribution < 1.29 is 14.4 Å². The fraction of sp³-hybridized carbons (Fsp3) is 0.571. The number of nitrogens with zero attached hydrogens (tertiary/aromatic N) is 2. The van der Waals surface area contributed by atoms with Crippen LogP contribution in [0.3, 0.4) is 0 Å². The molecule has 0 unspecified atom stereocenters. The largest absolute Gasteiger partial charge is 0.352 e. The molecule has 1 N–H and O–H groups in total. The van der Waals surface area contributed by atoms with Crippen molar-refractivity contribution in [1.29, 1.82) is 0 Å². The minimum atomic E-state index is 0.00534. The molecule has 2 fully saturated rings. The van der Waals surface area contributed by atoms with E-state index in [-0.39, 0.29) is 23.7 Å². The second kappa shape index (κ2) is 9.02. The highest BCUT2D eigenvalue weighted by molar-refractivity contribution is 5.81. The van der Waals surface area contributed by atoms with Gasteiger partial charge in [0.05, 0.1) is 0 Å². The fourth-order valence-corrected chi connectivity index (χ4v) is 4.06. The molecule has 1 heterocycles. The molecule has 0 aromatic heterocycles. The second-order valence-corrected chi connectivity index (χ2v) is 7.72. The van der Waals surface area contributed by atoms with Crippen LogP contribution < -0.4 is 5.32 Å². The van der Waals surface area contributed by atoms with Gasteiger partial charge in [0.2, 0.25) is 18.2 Å². The fourth-order valence-electron chi connectivity index (χ4n) is 4.06. The summed E-state index contributed by atoms with van der Waals surface area (Å²) >= 11 is 0. The van der Waals surface area contributed by atoms with Crippen LogP contribution in [0.5, 0.6) is 0 Å². The van der Waals surface area contributed by atoms with Gasteiger partial charge in [0, 0.05) is 44.6 Å². The number of carbonyl (C=O) groups excluding carboxylic acids is 3. The molecule has 1 aromatic carbocycles. The summed E-state index contributed by atoms with van der Waals surface area (Å²) in [6, 6.07) is 8.15. The number of carbonyl (C=O) groups is 3. The smallest absolute Gasteiger partial charge is 0.225 e. The maximum atomic E-state index is 12.7. The SMILES string of the molecule is Cc1cccc(CNC(=O)C2CCC(C(=O)N3CCN(C=O)CC3)CC2)c1. The van der Waals surface area contributed by atoms with Crippen molar-refractivity contribution in [3.8, 4) is 0 Å². The molecule has 0 spiro atoms. The number of nitrogens with one attached hydrogen (secondary N) is 1. The zero-order valence-electron chi connectivity index (χ0n) is 16.0. The van der Waals surface area contributed by atoms with E-state index in [1.54, 1.807) is 4.90 Å². The van der Waals surface area contributed by atoms with Crippen molar-refractivity contribution in [2.24, 2.45) is 11.8 Å². The summed E-state index contributed by atoms with van der Waals surface area (Å²) in [4.78, 5) is 39.5. The Morgan fingerprint density at radius 1 is 1.07 bits per heavy atom. The molecular formula is C21H29N3O3. The number of benzene rings is 1. The van der Waals surface area contributed by atoms with Gasteiger partial charge in [-0.15, -0.1) is 0 Å². The molecule has 1 aliphatic heterocycles. The van der Waals surface area contributed by atoms with E-state index < -0.39 is 0 Å². The first-order valence-electron chi connectivity index (χ1n) is 9.88. The standard InChI is InChI=1S/C21H29N3O3/c1-16-3-2-4-17(13-16)14-22-20(26)18-5-7-19(8-6-18)21(27)24-11-9-23(15-25)10-12-24/h2-4,13,15,18-19H,5-12,14H2,1H3,(H,22,26). The van der Waals surface area contributed by atoms with Crippen LogP contribution in [-0.4, -0.2) is 54.2 Å². The number of hydrogen-bond donors (Lipinski definition) is 1. The number of hydrogen-bond acceptors (Lipinski definition) is 3. The van der Waals surface area contributed by atoms with Crippen LogP contribution in [0.1, 0.15) is 36.8 Å². The zero-order valence-corrected chi connectivity index (χ0v) is 16.0. The third kappa shape index (κ3) is 5.08. The van der Waals surface area contributed by atoms with E-state index >= 15 is 0 Å². The molecule has 27 heavy (non-hydrogen) atoms. The van der Waals surface area contributed by atoms with Gasteiger partial charge in [-0.05, 0) is 38.2 Å². The van der Waals surface area contributed by atoms with Crippen LogP contribution in [0.4, 0.5) is 0 Å². The highest BCUT2D eigenvalue weighted by atomic mass is 16.2. The van der Waals surface area contributed by atoms with E-state index in [1.807, 2.05) is 30.0 Å².